The Morgan fingerprint density at radius 3 is 2.50 bits per heavy atom. The van der Waals surface area contributed by atoms with Gasteiger partial charge in [0.05, 0.1) is 17.6 Å². The summed E-state index contributed by atoms with van der Waals surface area (Å²) in [7, 11) is 0. The topological polar surface area (TPSA) is 58.3 Å². The minimum absolute atomic E-state index is 0.0226. The van der Waals surface area contributed by atoms with E-state index in [4.69, 9.17) is 0 Å². The first-order valence-electron chi connectivity index (χ1n) is 7.78. The van der Waals surface area contributed by atoms with Crippen molar-refractivity contribution < 1.29 is 14.6 Å². The Kier molecular flexibility index (Phi) is 4.01. The molecule has 1 heterocycles. The number of aromatic nitrogens is 2. The number of phenols is 2. The zero-order chi connectivity index (χ0) is 17.4. The third kappa shape index (κ3) is 2.62. The van der Waals surface area contributed by atoms with Crippen LogP contribution in [0.2, 0.25) is 0 Å². The first kappa shape index (κ1) is 16.1. The second kappa shape index (κ2) is 6.00. The van der Waals surface area contributed by atoms with Gasteiger partial charge in [-0.3, -0.25) is 4.57 Å². The zero-order valence-corrected chi connectivity index (χ0v) is 13.8. The van der Waals surface area contributed by atoms with Gasteiger partial charge in [-0.1, -0.05) is 6.92 Å². The maximum Gasteiger partial charge on any atom is 0.128 e. The van der Waals surface area contributed by atoms with Crippen molar-refractivity contribution in [3.8, 4) is 28.4 Å². The highest BCUT2D eigenvalue weighted by Crippen LogP contribution is 2.37. The van der Waals surface area contributed by atoms with Crippen molar-refractivity contribution in [3.63, 3.8) is 0 Å². The first-order valence-corrected chi connectivity index (χ1v) is 7.78. The molecule has 5 heteroatoms. The molecule has 0 saturated heterocycles. The van der Waals surface area contributed by atoms with Crippen LogP contribution in [0.15, 0.2) is 36.5 Å². The highest BCUT2D eigenvalue weighted by molar-refractivity contribution is 5.72. The van der Waals surface area contributed by atoms with Crippen molar-refractivity contribution in [1.82, 2.24) is 9.55 Å². The normalized spacial score (nSPS) is 11.0. The van der Waals surface area contributed by atoms with E-state index in [1.807, 2.05) is 25.3 Å². The molecule has 0 amide bonds. The van der Waals surface area contributed by atoms with Gasteiger partial charge in [0.15, 0.2) is 0 Å². The van der Waals surface area contributed by atoms with Crippen LogP contribution in [0.1, 0.15) is 23.9 Å². The van der Waals surface area contributed by atoms with E-state index < -0.39 is 0 Å². The van der Waals surface area contributed by atoms with Gasteiger partial charge in [-0.2, -0.15) is 0 Å². The van der Waals surface area contributed by atoms with Gasteiger partial charge in [-0.25, -0.2) is 9.37 Å². The molecule has 3 aromatic rings. The number of hydrogen-bond acceptors (Lipinski definition) is 3. The van der Waals surface area contributed by atoms with Gasteiger partial charge in [-0.15, -0.1) is 0 Å². The first-order chi connectivity index (χ1) is 11.4. The summed E-state index contributed by atoms with van der Waals surface area (Å²) < 4.78 is 15.3. The van der Waals surface area contributed by atoms with Gasteiger partial charge in [-0.05, 0) is 55.7 Å². The summed E-state index contributed by atoms with van der Waals surface area (Å²) in [5.41, 5.74) is 3.57. The van der Waals surface area contributed by atoms with Crippen LogP contribution in [0.5, 0.6) is 11.5 Å². The Morgan fingerprint density at radius 1 is 1.08 bits per heavy atom. The van der Waals surface area contributed by atoms with Crippen molar-refractivity contribution in [2.75, 3.05) is 0 Å². The highest BCUT2D eigenvalue weighted by atomic mass is 19.1. The summed E-state index contributed by atoms with van der Waals surface area (Å²) in [4.78, 5) is 4.35. The summed E-state index contributed by atoms with van der Waals surface area (Å²) in [6.07, 6.45) is 2.31. The van der Waals surface area contributed by atoms with E-state index in [0.717, 1.165) is 22.6 Å². The third-order valence-electron chi connectivity index (χ3n) is 4.19. The molecule has 0 atom stereocenters. The van der Waals surface area contributed by atoms with Crippen LogP contribution in [0.25, 0.3) is 16.9 Å². The fourth-order valence-electron chi connectivity index (χ4n) is 2.92. The Bertz CT molecular complexity index is 916. The Morgan fingerprint density at radius 2 is 1.83 bits per heavy atom. The number of halogens is 1. The Labute approximate surface area is 139 Å². The molecule has 24 heavy (non-hydrogen) atoms. The molecule has 4 nitrogen and oxygen atoms in total. The molecule has 0 aliphatic heterocycles. The number of aryl methyl sites for hydroxylation is 3. The predicted molar refractivity (Wildman–Crippen MR) is 91.1 cm³/mol. The fourth-order valence-corrected chi connectivity index (χ4v) is 2.92. The molecule has 3 rings (SSSR count). The van der Waals surface area contributed by atoms with E-state index in [0.29, 0.717) is 17.7 Å². The minimum Gasteiger partial charge on any atom is -0.508 e. The van der Waals surface area contributed by atoms with Crippen molar-refractivity contribution >= 4 is 0 Å². The second-order valence-corrected chi connectivity index (χ2v) is 5.81. The molecule has 0 saturated carbocycles. The van der Waals surface area contributed by atoms with Crippen LogP contribution in [0.3, 0.4) is 0 Å². The van der Waals surface area contributed by atoms with Crippen molar-refractivity contribution in [2.24, 2.45) is 0 Å². The monoisotopic (exact) mass is 326 g/mol. The number of aromatic hydroxyl groups is 2. The van der Waals surface area contributed by atoms with Gasteiger partial charge in [0.25, 0.3) is 0 Å². The maximum absolute atomic E-state index is 13.4. The quantitative estimate of drug-likeness (QED) is 0.756. The molecule has 0 aliphatic rings. The third-order valence-corrected chi connectivity index (χ3v) is 4.19. The molecule has 1 aromatic heterocycles. The molecule has 124 valence electrons. The van der Waals surface area contributed by atoms with Gasteiger partial charge >= 0.3 is 0 Å². The number of nitrogens with zero attached hydrogens (tertiary/aromatic N) is 2. The van der Waals surface area contributed by atoms with E-state index >= 15 is 0 Å². The van der Waals surface area contributed by atoms with Crippen molar-refractivity contribution in [3.05, 3.63) is 59.3 Å². The summed E-state index contributed by atoms with van der Waals surface area (Å²) in [6.45, 7) is 5.61. The molecule has 2 N–H and O–H groups in total. The highest BCUT2D eigenvalue weighted by Gasteiger charge is 2.17. The lowest BCUT2D eigenvalue weighted by atomic mass is 10.0. The number of hydrogen-bond donors (Lipinski definition) is 2. The molecular formula is C19H19FN2O2. The van der Waals surface area contributed by atoms with Crippen LogP contribution < -0.4 is 0 Å². The zero-order valence-electron chi connectivity index (χ0n) is 13.8. The standard InChI is InChI=1S/C19H19FN2O2/c1-4-13-8-15(19(24)9-18(13)23)17-10-21-12(3)22(17)16-6-5-14(20)7-11(16)2/h5-10,23-24H,4H2,1-3H3. The predicted octanol–water partition coefficient (Wildman–Crippen LogP) is 4.27. The van der Waals surface area contributed by atoms with Crippen LogP contribution in [0, 0.1) is 19.7 Å². The SMILES string of the molecule is CCc1cc(-c2cnc(C)n2-c2ccc(F)cc2C)c(O)cc1O. The van der Waals surface area contributed by atoms with Crippen LogP contribution in [0.4, 0.5) is 4.39 Å². The van der Waals surface area contributed by atoms with E-state index in [1.165, 1.54) is 18.2 Å². The molecule has 0 unspecified atom stereocenters. The maximum atomic E-state index is 13.4. The van der Waals surface area contributed by atoms with Gasteiger partial charge in [0.2, 0.25) is 0 Å². The lowest BCUT2D eigenvalue weighted by Gasteiger charge is -2.15. The van der Waals surface area contributed by atoms with E-state index in [9.17, 15) is 14.6 Å². The van der Waals surface area contributed by atoms with Crippen LogP contribution >= 0.6 is 0 Å². The minimum atomic E-state index is -0.295. The average molecular weight is 326 g/mol. The van der Waals surface area contributed by atoms with E-state index in [2.05, 4.69) is 4.98 Å². The Balaban J connectivity index is 2.25. The molecule has 0 radical (unpaired) electrons. The fraction of sp³-hybridized carbons (Fsp3) is 0.211. The number of rotatable bonds is 3. The summed E-state index contributed by atoms with van der Waals surface area (Å²) in [6, 6.07) is 7.67. The molecular weight excluding hydrogens is 307 g/mol. The summed E-state index contributed by atoms with van der Waals surface area (Å²) in [5.74, 6) is 0.478. The van der Waals surface area contributed by atoms with E-state index in [-0.39, 0.29) is 17.3 Å². The second-order valence-electron chi connectivity index (χ2n) is 5.81. The molecule has 0 bridgehead atoms. The van der Waals surface area contributed by atoms with Gasteiger partial charge in [0.1, 0.15) is 23.1 Å². The molecule has 2 aromatic carbocycles. The number of phenolic OH excluding ortho intramolecular Hbond substituents is 2. The lowest BCUT2D eigenvalue weighted by molar-refractivity contribution is 0.447. The number of imidazole rings is 1. The van der Waals surface area contributed by atoms with E-state index in [1.54, 1.807) is 18.3 Å². The summed E-state index contributed by atoms with van der Waals surface area (Å²) in [5, 5.41) is 20.2. The molecule has 0 aliphatic carbocycles. The lowest BCUT2D eigenvalue weighted by Crippen LogP contribution is -2.02. The average Bonchev–Trinajstić information content (AvgIpc) is 2.89. The van der Waals surface area contributed by atoms with Crippen LogP contribution in [-0.2, 0) is 6.42 Å². The van der Waals surface area contributed by atoms with Crippen LogP contribution in [-0.4, -0.2) is 19.8 Å². The molecule has 0 fully saturated rings. The Hall–Kier alpha value is -2.82. The smallest absolute Gasteiger partial charge is 0.128 e. The number of benzene rings is 2. The summed E-state index contributed by atoms with van der Waals surface area (Å²) >= 11 is 0. The largest absolute Gasteiger partial charge is 0.508 e. The van der Waals surface area contributed by atoms with Gasteiger partial charge < -0.3 is 10.2 Å². The van der Waals surface area contributed by atoms with Crippen molar-refractivity contribution in [1.29, 1.82) is 0 Å². The van der Waals surface area contributed by atoms with Gasteiger partial charge in [0, 0.05) is 11.6 Å². The molecule has 0 spiro atoms. The van der Waals surface area contributed by atoms with Crippen molar-refractivity contribution in [2.45, 2.75) is 27.2 Å².